The van der Waals surface area contributed by atoms with E-state index in [-0.39, 0.29) is 12.4 Å². The molecule has 4 N–H and O–H groups in total. The van der Waals surface area contributed by atoms with Gasteiger partial charge < -0.3 is 15.7 Å². The third-order valence-electron chi connectivity index (χ3n) is 2.15. The van der Waals surface area contributed by atoms with Gasteiger partial charge in [0.15, 0.2) is 0 Å². The van der Waals surface area contributed by atoms with Crippen molar-refractivity contribution in [2.24, 2.45) is 5.73 Å². The summed E-state index contributed by atoms with van der Waals surface area (Å²) in [6.45, 7) is 6.18. The minimum absolute atomic E-state index is 0.225. The number of hydrogen-bond donors (Lipinski definition) is 3. The summed E-state index contributed by atoms with van der Waals surface area (Å²) in [4.78, 5) is 2.22. The predicted molar refractivity (Wildman–Crippen MR) is 54.9 cm³/mol. The molecule has 0 aromatic heterocycles. The number of hydrogen-bond acceptors (Lipinski definition) is 3. The Kier molecular flexibility index (Phi) is 6.54. The minimum Gasteiger partial charge on any atom is -0.396 e. The van der Waals surface area contributed by atoms with Gasteiger partial charge in [-0.3, -0.25) is 5.41 Å². The van der Waals surface area contributed by atoms with Gasteiger partial charge in [-0.15, -0.1) is 0 Å². The molecule has 1 atom stereocenters. The summed E-state index contributed by atoms with van der Waals surface area (Å²) < 4.78 is 0. The molecule has 4 heteroatoms. The lowest BCUT2D eigenvalue weighted by Gasteiger charge is -2.27. The van der Waals surface area contributed by atoms with E-state index >= 15 is 0 Å². The summed E-state index contributed by atoms with van der Waals surface area (Å²) in [5, 5.41) is 15.9. The molecule has 0 aliphatic heterocycles. The summed E-state index contributed by atoms with van der Waals surface area (Å²) >= 11 is 0. The third-order valence-corrected chi connectivity index (χ3v) is 2.15. The third kappa shape index (κ3) is 5.60. The smallest absolute Gasteiger partial charge is 0.0920 e. The van der Waals surface area contributed by atoms with Crippen LogP contribution in [-0.4, -0.2) is 41.6 Å². The monoisotopic (exact) mass is 187 g/mol. The van der Waals surface area contributed by atoms with Gasteiger partial charge in [-0.1, -0.05) is 6.92 Å². The van der Waals surface area contributed by atoms with Crippen molar-refractivity contribution in [2.45, 2.75) is 32.7 Å². The van der Waals surface area contributed by atoms with Gasteiger partial charge >= 0.3 is 0 Å². The van der Waals surface area contributed by atoms with Crippen molar-refractivity contribution in [3.63, 3.8) is 0 Å². The van der Waals surface area contributed by atoms with Gasteiger partial charge in [0.1, 0.15) is 0 Å². The van der Waals surface area contributed by atoms with Gasteiger partial charge in [0.25, 0.3) is 0 Å². The summed E-state index contributed by atoms with van der Waals surface area (Å²) in [7, 11) is 0. The number of nitrogens with zero attached hydrogens (tertiary/aromatic N) is 1. The Morgan fingerprint density at radius 1 is 1.62 bits per heavy atom. The van der Waals surface area contributed by atoms with Crippen LogP contribution in [0.4, 0.5) is 0 Å². The lowest BCUT2D eigenvalue weighted by Crippen LogP contribution is -2.36. The molecule has 0 fully saturated rings. The molecule has 0 spiro atoms. The molecule has 0 aromatic rings. The van der Waals surface area contributed by atoms with Crippen molar-refractivity contribution < 1.29 is 5.11 Å². The first-order valence-electron chi connectivity index (χ1n) is 4.79. The number of aliphatic hydroxyl groups excluding tert-OH is 1. The maximum absolute atomic E-state index is 8.68. The van der Waals surface area contributed by atoms with Gasteiger partial charge in [0, 0.05) is 25.6 Å². The highest BCUT2D eigenvalue weighted by atomic mass is 16.3. The predicted octanol–water partition coefficient (Wildman–Crippen LogP) is 0.405. The van der Waals surface area contributed by atoms with E-state index in [0.717, 1.165) is 19.5 Å². The summed E-state index contributed by atoms with van der Waals surface area (Å²) in [6.07, 6.45) is 1.40. The molecule has 13 heavy (non-hydrogen) atoms. The molecule has 0 radical (unpaired) electrons. The van der Waals surface area contributed by atoms with E-state index < -0.39 is 0 Å². The Morgan fingerprint density at radius 3 is 2.62 bits per heavy atom. The Labute approximate surface area is 80.2 Å². The van der Waals surface area contributed by atoms with Crippen LogP contribution in [0.5, 0.6) is 0 Å². The van der Waals surface area contributed by atoms with E-state index in [4.69, 9.17) is 16.2 Å². The molecule has 1 unspecified atom stereocenters. The number of aliphatic hydroxyl groups is 1. The van der Waals surface area contributed by atoms with Crippen LogP contribution in [0, 0.1) is 5.41 Å². The van der Waals surface area contributed by atoms with E-state index in [1.54, 1.807) is 0 Å². The van der Waals surface area contributed by atoms with Crippen LogP contribution in [0.3, 0.4) is 0 Å². The van der Waals surface area contributed by atoms with E-state index in [1.807, 2.05) is 0 Å². The van der Waals surface area contributed by atoms with Crippen LogP contribution in [-0.2, 0) is 0 Å². The molecule has 0 heterocycles. The average molecular weight is 187 g/mol. The molecular formula is C9H21N3O. The standard InChI is InChI=1S/C9H21N3O/c1-3-12(5-4-6-13)8(2)7-9(10)11/h8,13H,3-7H2,1-2H3,(H3,10,11). The fraction of sp³-hybridized carbons (Fsp3) is 0.889. The maximum atomic E-state index is 8.68. The number of rotatable bonds is 7. The van der Waals surface area contributed by atoms with Gasteiger partial charge in [-0.2, -0.15) is 0 Å². The molecule has 4 nitrogen and oxygen atoms in total. The first-order chi connectivity index (χ1) is 6.11. The Balaban J connectivity index is 3.83. The molecule has 0 amide bonds. The average Bonchev–Trinajstić information content (AvgIpc) is 2.04. The molecule has 0 aromatic carbocycles. The Bertz CT molecular complexity index is 150. The van der Waals surface area contributed by atoms with Crippen LogP contribution < -0.4 is 5.73 Å². The molecule has 78 valence electrons. The summed E-state index contributed by atoms with van der Waals surface area (Å²) in [5.74, 6) is 0.231. The van der Waals surface area contributed by atoms with Crippen molar-refractivity contribution in [3.8, 4) is 0 Å². The fourth-order valence-electron chi connectivity index (χ4n) is 1.41. The highest BCUT2D eigenvalue weighted by Gasteiger charge is 2.11. The van der Waals surface area contributed by atoms with E-state index in [1.165, 1.54) is 0 Å². The first-order valence-corrected chi connectivity index (χ1v) is 4.79. The SMILES string of the molecule is CCN(CCCO)C(C)CC(=N)N. The van der Waals surface area contributed by atoms with Crippen LogP contribution in [0.1, 0.15) is 26.7 Å². The van der Waals surface area contributed by atoms with Crippen LogP contribution >= 0.6 is 0 Å². The maximum Gasteiger partial charge on any atom is 0.0920 e. The van der Waals surface area contributed by atoms with Crippen molar-refractivity contribution >= 4 is 5.84 Å². The molecule has 0 rings (SSSR count). The van der Waals surface area contributed by atoms with Crippen molar-refractivity contribution in [1.82, 2.24) is 4.90 Å². The zero-order chi connectivity index (χ0) is 10.3. The van der Waals surface area contributed by atoms with E-state index in [0.29, 0.717) is 12.5 Å². The van der Waals surface area contributed by atoms with Crippen molar-refractivity contribution in [1.29, 1.82) is 5.41 Å². The van der Waals surface area contributed by atoms with Gasteiger partial charge in [0.2, 0.25) is 0 Å². The van der Waals surface area contributed by atoms with Crippen LogP contribution in [0.2, 0.25) is 0 Å². The fourth-order valence-corrected chi connectivity index (χ4v) is 1.41. The zero-order valence-corrected chi connectivity index (χ0v) is 8.58. The highest BCUT2D eigenvalue weighted by molar-refractivity contribution is 5.77. The van der Waals surface area contributed by atoms with Crippen molar-refractivity contribution in [3.05, 3.63) is 0 Å². The van der Waals surface area contributed by atoms with Gasteiger partial charge in [-0.25, -0.2) is 0 Å². The zero-order valence-electron chi connectivity index (χ0n) is 8.58. The lowest BCUT2D eigenvalue weighted by atomic mass is 10.2. The second-order valence-electron chi connectivity index (χ2n) is 3.28. The lowest BCUT2D eigenvalue weighted by molar-refractivity contribution is 0.193. The van der Waals surface area contributed by atoms with Gasteiger partial charge in [0.05, 0.1) is 5.84 Å². The quantitative estimate of drug-likeness (QED) is 0.399. The summed E-state index contributed by atoms with van der Waals surface area (Å²) in [6, 6.07) is 0.300. The molecule has 0 bridgehead atoms. The second kappa shape index (κ2) is 6.86. The van der Waals surface area contributed by atoms with Crippen molar-refractivity contribution in [2.75, 3.05) is 19.7 Å². The van der Waals surface area contributed by atoms with E-state index in [9.17, 15) is 0 Å². The molecule has 0 saturated carbocycles. The molecule has 0 saturated heterocycles. The normalized spacial score (nSPS) is 13.2. The number of amidine groups is 1. The number of nitrogens with two attached hydrogens (primary N) is 1. The Morgan fingerprint density at radius 2 is 2.23 bits per heavy atom. The Hall–Kier alpha value is -0.610. The molecular weight excluding hydrogens is 166 g/mol. The largest absolute Gasteiger partial charge is 0.396 e. The topological polar surface area (TPSA) is 73.3 Å². The molecule has 0 aliphatic carbocycles. The molecule has 0 aliphatic rings. The highest BCUT2D eigenvalue weighted by Crippen LogP contribution is 2.03. The first kappa shape index (κ1) is 12.4. The number of nitrogens with one attached hydrogen (secondary N) is 1. The van der Waals surface area contributed by atoms with Crippen LogP contribution in [0.15, 0.2) is 0 Å². The minimum atomic E-state index is 0.225. The van der Waals surface area contributed by atoms with E-state index in [2.05, 4.69) is 18.7 Å². The van der Waals surface area contributed by atoms with Crippen LogP contribution in [0.25, 0.3) is 0 Å². The summed E-state index contributed by atoms with van der Waals surface area (Å²) in [5.41, 5.74) is 5.32. The van der Waals surface area contributed by atoms with Gasteiger partial charge in [-0.05, 0) is 19.9 Å². The second-order valence-corrected chi connectivity index (χ2v) is 3.28.